The van der Waals surface area contributed by atoms with E-state index in [1.807, 2.05) is 0 Å². The van der Waals surface area contributed by atoms with Crippen LogP contribution < -0.4 is 20.7 Å². The molecular formula is C14H12N2O5. The first-order valence-electron chi connectivity index (χ1n) is 6.03. The number of methoxy groups -OCH3 is 2. The van der Waals surface area contributed by atoms with Gasteiger partial charge in [-0.1, -0.05) is 0 Å². The summed E-state index contributed by atoms with van der Waals surface area (Å²) in [4.78, 5) is 12.4. The van der Waals surface area contributed by atoms with Crippen molar-refractivity contribution >= 4 is 28.2 Å². The topological polar surface area (TPSA) is 100 Å². The Hall–Kier alpha value is -2.96. The van der Waals surface area contributed by atoms with Gasteiger partial charge in [-0.15, -0.1) is 0 Å². The SMILES string of the molecule is COc1c2occc2c(OC)c2c(=O)cc(/C=N/N)oc12. The smallest absolute Gasteiger partial charge is 0.206 e. The first-order chi connectivity index (χ1) is 10.2. The monoisotopic (exact) mass is 288 g/mol. The Morgan fingerprint density at radius 2 is 2.00 bits per heavy atom. The van der Waals surface area contributed by atoms with Crippen LogP contribution in [0.5, 0.6) is 11.5 Å². The maximum absolute atomic E-state index is 12.4. The Balaban J connectivity index is 2.59. The molecule has 0 atom stereocenters. The standard InChI is InChI=1S/C14H12N2O5/c1-18-11-8-3-4-20-12(8)14(19-2)13-10(11)9(17)5-7(21-13)6-16-15/h3-6H,15H2,1-2H3/b16-6+. The third-order valence-electron chi connectivity index (χ3n) is 3.13. The molecule has 0 fully saturated rings. The van der Waals surface area contributed by atoms with Crippen LogP contribution in [-0.4, -0.2) is 20.4 Å². The minimum atomic E-state index is -0.288. The van der Waals surface area contributed by atoms with Gasteiger partial charge in [-0.2, -0.15) is 5.10 Å². The van der Waals surface area contributed by atoms with Crippen molar-refractivity contribution in [3.63, 3.8) is 0 Å². The Morgan fingerprint density at radius 1 is 1.24 bits per heavy atom. The number of nitrogens with two attached hydrogens (primary N) is 1. The normalized spacial score (nSPS) is 11.5. The van der Waals surface area contributed by atoms with Gasteiger partial charge in [-0.25, -0.2) is 0 Å². The highest BCUT2D eigenvalue weighted by Gasteiger charge is 2.22. The van der Waals surface area contributed by atoms with Crippen LogP contribution in [0.15, 0.2) is 37.1 Å². The highest BCUT2D eigenvalue weighted by atomic mass is 16.5. The van der Waals surface area contributed by atoms with Crippen molar-refractivity contribution in [3.05, 3.63) is 34.4 Å². The zero-order valence-electron chi connectivity index (χ0n) is 11.4. The zero-order valence-corrected chi connectivity index (χ0v) is 11.4. The number of furan rings is 1. The Bertz CT molecular complexity index is 907. The number of ether oxygens (including phenoxy) is 2. The summed E-state index contributed by atoms with van der Waals surface area (Å²) in [6, 6.07) is 2.98. The van der Waals surface area contributed by atoms with E-state index in [-0.39, 0.29) is 22.2 Å². The average Bonchev–Trinajstić information content (AvgIpc) is 2.94. The Morgan fingerprint density at radius 3 is 2.67 bits per heavy atom. The maximum atomic E-state index is 12.4. The Kier molecular flexibility index (Phi) is 3.02. The van der Waals surface area contributed by atoms with Gasteiger partial charge in [-0.05, 0) is 6.07 Å². The molecule has 2 N–H and O–H groups in total. The van der Waals surface area contributed by atoms with E-state index in [9.17, 15) is 4.79 Å². The predicted molar refractivity (Wildman–Crippen MR) is 77.1 cm³/mol. The van der Waals surface area contributed by atoms with Crippen molar-refractivity contribution in [1.82, 2.24) is 0 Å². The van der Waals surface area contributed by atoms with E-state index in [0.717, 1.165) is 0 Å². The number of hydrazone groups is 1. The summed E-state index contributed by atoms with van der Waals surface area (Å²) in [7, 11) is 2.94. The molecule has 21 heavy (non-hydrogen) atoms. The molecule has 0 saturated carbocycles. The second-order valence-electron chi connectivity index (χ2n) is 4.23. The van der Waals surface area contributed by atoms with E-state index in [2.05, 4.69) is 5.10 Å². The zero-order chi connectivity index (χ0) is 15.0. The molecule has 2 aromatic heterocycles. The van der Waals surface area contributed by atoms with Gasteiger partial charge in [0.05, 0.1) is 32.1 Å². The average molecular weight is 288 g/mol. The van der Waals surface area contributed by atoms with E-state index in [4.69, 9.17) is 24.2 Å². The first kappa shape index (κ1) is 13.0. The number of nitrogens with zero attached hydrogens (tertiary/aromatic N) is 1. The molecule has 7 nitrogen and oxygen atoms in total. The fraction of sp³-hybridized carbons (Fsp3) is 0.143. The molecule has 0 amide bonds. The number of benzene rings is 1. The van der Waals surface area contributed by atoms with Gasteiger partial charge in [0.1, 0.15) is 11.1 Å². The summed E-state index contributed by atoms with van der Waals surface area (Å²) in [5.41, 5.74) is 0.371. The summed E-state index contributed by atoms with van der Waals surface area (Å²) in [6.07, 6.45) is 2.72. The van der Waals surface area contributed by atoms with Crippen molar-refractivity contribution in [3.8, 4) is 11.5 Å². The van der Waals surface area contributed by atoms with E-state index in [1.165, 1.54) is 32.8 Å². The summed E-state index contributed by atoms with van der Waals surface area (Å²) in [6.45, 7) is 0. The fourth-order valence-corrected chi connectivity index (χ4v) is 2.32. The molecule has 0 radical (unpaired) electrons. The molecule has 2 heterocycles. The van der Waals surface area contributed by atoms with Crippen LogP contribution in [0.25, 0.3) is 21.9 Å². The molecule has 108 valence electrons. The van der Waals surface area contributed by atoms with Gasteiger partial charge in [-0.3, -0.25) is 4.79 Å². The predicted octanol–water partition coefficient (Wildman–Crippen LogP) is 1.85. The lowest BCUT2D eigenvalue weighted by atomic mass is 10.1. The lowest BCUT2D eigenvalue weighted by Gasteiger charge is -2.10. The van der Waals surface area contributed by atoms with Gasteiger partial charge < -0.3 is 24.2 Å². The number of hydrogen-bond acceptors (Lipinski definition) is 7. The van der Waals surface area contributed by atoms with Gasteiger partial charge in [0.2, 0.25) is 5.75 Å². The molecule has 0 unspecified atom stereocenters. The molecule has 0 aliphatic heterocycles. The van der Waals surface area contributed by atoms with Crippen LogP contribution >= 0.6 is 0 Å². The lowest BCUT2D eigenvalue weighted by molar-refractivity contribution is 0.400. The first-order valence-corrected chi connectivity index (χ1v) is 6.03. The maximum Gasteiger partial charge on any atom is 0.206 e. The number of fused-ring (bicyclic) bond motifs is 2. The van der Waals surface area contributed by atoms with Crippen molar-refractivity contribution in [1.29, 1.82) is 0 Å². The fourth-order valence-electron chi connectivity index (χ4n) is 2.32. The summed E-state index contributed by atoms with van der Waals surface area (Å²) in [5.74, 6) is 5.99. The van der Waals surface area contributed by atoms with Crippen LogP contribution in [0.1, 0.15) is 5.76 Å². The van der Waals surface area contributed by atoms with Gasteiger partial charge in [0, 0.05) is 6.07 Å². The molecule has 3 aromatic rings. The molecule has 1 aromatic carbocycles. The van der Waals surface area contributed by atoms with Gasteiger partial charge in [0.25, 0.3) is 0 Å². The van der Waals surface area contributed by atoms with Crippen LogP contribution in [0, 0.1) is 0 Å². The van der Waals surface area contributed by atoms with Crippen molar-refractivity contribution in [2.24, 2.45) is 10.9 Å². The van der Waals surface area contributed by atoms with Crippen LogP contribution in [0.3, 0.4) is 0 Å². The van der Waals surface area contributed by atoms with E-state index < -0.39 is 0 Å². The summed E-state index contributed by atoms with van der Waals surface area (Å²) >= 11 is 0. The minimum absolute atomic E-state index is 0.209. The quantitative estimate of drug-likeness (QED) is 0.448. The van der Waals surface area contributed by atoms with Crippen LogP contribution in [0.4, 0.5) is 0 Å². The molecule has 3 rings (SSSR count). The third-order valence-corrected chi connectivity index (χ3v) is 3.13. The molecule has 0 bridgehead atoms. The molecule has 0 spiro atoms. The largest absolute Gasteiger partial charge is 0.495 e. The van der Waals surface area contributed by atoms with Gasteiger partial charge >= 0.3 is 0 Å². The van der Waals surface area contributed by atoms with E-state index in [1.54, 1.807) is 6.07 Å². The number of rotatable bonds is 3. The highest BCUT2D eigenvalue weighted by Crippen LogP contribution is 2.41. The second kappa shape index (κ2) is 4.86. The Labute approximate surface area is 118 Å². The van der Waals surface area contributed by atoms with Crippen LogP contribution in [0.2, 0.25) is 0 Å². The van der Waals surface area contributed by atoms with Crippen molar-refractivity contribution in [2.45, 2.75) is 0 Å². The number of hydrogen-bond donors (Lipinski definition) is 1. The molecular weight excluding hydrogens is 276 g/mol. The molecule has 0 saturated heterocycles. The summed E-state index contributed by atoms with van der Waals surface area (Å²) in [5, 5.41) is 4.26. The molecule has 0 aliphatic rings. The van der Waals surface area contributed by atoms with Crippen LogP contribution in [-0.2, 0) is 0 Å². The van der Waals surface area contributed by atoms with Crippen molar-refractivity contribution < 1.29 is 18.3 Å². The summed E-state index contributed by atoms with van der Waals surface area (Å²) < 4.78 is 21.7. The van der Waals surface area contributed by atoms with Gasteiger partial charge in [0.15, 0.2) is 22.4 Å². The third kappa shape index (κ3) is 1.82. The molecule has 0 aliphatic carbocycles. The lowest BCUT2D eigenvalue weighted by Crippen LogP contribution is -2.05. The second-order valence-corrected chi connectivity index (χ2v) is 4.23. The van der Waals surface area contributed by atoms with Crippen molar-refractivity contribution in [2.75, 3.05) is 14.2 Å². The van der Waals surface area contributed by atoms with E-state index in [0.29, 0.717) is 22.5 Å². The van der Waals surface area contributed by atoms with E-state index >= 15 is 0 Å². The molecule has 7 heteroatoms. The highest BCUT2D eigenvalue weighted by molar-refractivity contribution is 6.07. The minimum Gasteiger partial charge on any atom is -0.495 e.